The minimum Gasteiger partial charge on any atom is -0.309 e. The Morgan fingerprint density at radius 2 is 0.754 bits per heavy atom. The summed E-state index contributed by atoms with van der Waals surface area (Å²) >= 11 is 0. The van der Waals surface area contributed by atoms with Gasteiger partial charge in [-0.25, -0.2) is 4.98 Å². The maximum Gasteiger partial charge on any atom is 0.238 e. The number of hydrogen-bond donors (Lipinski definition) is 0. The number of rotatable bonds is 5. The second kappa shape index (κ2) is 14.6. The molecule has 0 radical (unpaired) electrons. The van der Waals surface area contributed by atoms with Crippen molar-refractivity contribution in [1.29, 1.82) is 0 Å². The summed E-state index contributed by atoms with van der Waals surface area (Å²) in [4.78, 5) is 16.4. The summed E-state index contributed by atoms with van der Waals surface area (Å²) < 4.78 is 7.07. The first-order valence-corrected chi connectivity index (χ1v) is 23.5. The van der Waals surface area contributed by atoms with Crippen LogP contribution in [0.2, 0.25) is 0 Å². The first kappa shape index (κ1) is 37.8. The van der Waals surface area contributed by atoms with Gasteiger partial charge in [0.1, 0.15) is 0 Å². The molecule has 0 aliphatic heterocycles. The van der Waals surface area contributed by atoms with Crippen LogP contribution < -0.4 is 0 Å². The summed E-state index contributed by atoms with van der Waals surface area (Å²) in [5.41, 5.74) is 10.5. The zero-order chi connectivity index (χ0) is 45.2. The van der Waals surface area contributed by atoms with Crippen molar-refractivity contribution in [2.24, 2.45) is 0 Å². The van der Waals surface area contributed by atoms with E-state index in [0.29, 0.717) is 17.6 Å². The van der Waals surface area contributed by atoms with Gasteiger partial charge in [0.2, 0.25) is 5.95 Å². The number of hydrogen-bond acceptors (Lipinski definition) is 3. The predicted octanol–water partition coefficient (Wildman–Crippen LogP) is 16.0. The zero-order valence-corrected chi connectivity index (χ0v) is 37.1. The molecule has 69 heavy (non-hydrogen) atoms. The average Bonchev–Trinajstić information content (AvgIpc) is 4.07. The highest BCUT2D eigenvalue weighted by molar-refractivity contribution is 6.28. The molecule has 6 nitrogen and oxygen atoms in total. The van der Waals surface area contributed by atoms with Crippen LogP contribution in [0.1, 0.15) is 0 Å². The standard InChI is InChI=1S/C63H38N6/c1-3-18-39(19-4-1)61-64-62(52-30-17-29-49-47-26-11-14-31-54(47)68(59(49)52)40-20-5-2-6-21-40)66-63(65-61)69-55-32-15-12-27-48(55)50-36-37-57-58(60(50)69)51-28-13-16-33-56(51)67(57)41-34-35-46-44-24-8-7-22-42(44)43-23-9-10-25-45(43)53(46)38-41/h1-38H. The Balaban J connectivity index is 1.05. The van der Waals surface area contributed by atoms with Gasteiger partial charge in [0, 0.05) is 54.8 Å². The van der Waals surface area contributed by atoms with Crippen LogP contribution in [0.3, 0.4) is 0 Å². The number of fused-ring (bicyclic) bond motifs is 16. The monoisotopic (exact) mass is 878 g/mol. The normalized spacial score (nSPS) is 12.1. The third-order valence-electron chi connectivity index (χ3n) is 14.3. The van der Waals surface area contributed by atoms with Crippen LogP contribution in [0.15, 0.2) is 231 Å². The molecule has 0 saturated carbocycles. The summed E-state index contributed by atoms with van der Waals surface area (Å²) in [7, 11) is 0. The van der Waals surface area contributed by atoms with Crippen molar-refractivity contribution in [2.45, 2.75) is 0 Å². The van der Waals surface area contributed by atoms with Crippen LogP contribution in [0.5, 0.6) is 0 Å². The maximum absolute atomic E-state index is 5.59. The van der Waals surface area contributed by atoms with Crippen molar-refractivity contribution >= 4 is 97.7 Å². The Morgan fingerprint density at radius 3 is 1.43 bits per heavy atom. The molecule has 0 N–H and O–H groups in total. The van der Waals surface area contributed by atoms with Gasteiger partial charge in [0.05, 0.1) is 33.1 Å². The fourth-order valence-corrected chi connectivity index (χ4v) is 11.4. The number of benzene rings is 11. The summed E-state index contributed by atoms with van der Waals surface area (Å²) in [5.74, 6) is 1.75. The molecule has 320 valence electrons. The first-order valence-electron chi connectivity index (χ1n) is 23.5. The Hall–Kier alpha value is -9.39. The van der Waals surface area contributed by atoms with E-state index in [1.54, 1.807) is 0 Å². The lowest BCUT2D eigenvalue weighted by atomic mass is 9.94. The molecule has 4 aromatic heterocycles. The molecule has 15 rings (SSSR count). The van der Waals surface area contributed by atoms with E-state index in [2.05, 4.69) is 226 Å². The van der Waals surface area contributed by atoms with Gasteiger partial charge in [-0.15, -0.1) is 0 Å². The Morgan fingerprint density at radius 1 is 0.261 bits per heavy atom. The summed E-state index contributed by atoms with van der Waals surface area (Å²) in [6, 6.07) is 82.6. The van der Waals surface area contributed by atoms with Crippen LogP contribution in [0.4, 0.5) is 0 Å². The third-order valence-corrected chi connectivity index (χ3v) is 14.3. The summed E-state index contributed by atoms with van der Waals surface area (Å²) in [5, 5.41) is 14.4. The fourth-order valence-electron chi connectivity index (χ4n) is 11.4. The quantitative estimate of drug-likeness (QED) is 0.162. The Bertz CT molecular complexity index is 4560. The molecule has 15 aromatic rings. The van der Waals surface area contributed by atoms with E-state index in [1.807, 2.05) is 18.2 Å². The molecule has 0 atom stereocenters. The highest BCUT2D eigenvalue weighted by atomic mass is 15.2. The molecule has 0 bridgehead atoms. The Labute approximate surface area is 395 Å². The predicted molar refractivity (Wildman–Crippen MR) is 286 cm³/mol. The van der Waals surface area contributed by atoms with E-state index >= 15 is 0 Å². The lowest BCUT2D eigenvalue weighted by molar-refractivity contribution is 0.955. The molecular formula is C63H38N6. The smallest absolute Gasteiger partial charge is 0.238 e. The van der Waals surface area contributed by atoms with Gasteiger partial charge in [-0.2, -0.15) is 9.97 Å². The zero-order valence-electron chi connectivity index (χ0n) is 37.1. The largest absolute Gasteiger partial charge is 0.309 e. The van der Waals surface area contributed by atoms with E-state index in [1.165, 1.54) is 37.7 Å². The maximum atomic E-state index is 5.59. The molecule has 0 fully saturated rings. The number of nitrogens with zero attached hydrogens (tertiary/aromatic N) is 6. The van der Waals surface area contributed by atoms with Gasteiger partial charge in [-0.1, -0.05) is 176 Å². The van der Waals surface area contributed by atoms with Crippen LogP contribution >= 0.6 is 0 Å². The molecule has 4 heterocycles. The molecule has 0 spiro atoms. The van der Waals surface area contributed by atoms with E-state index in [4.69, 9.17) is 15.0 Å². The van der Waals surface area contributed by atoms with Crippen LogP contribution in [0.25, 0.3) is 138 Å². The van der Waals surface area contributed by atoms with Gasteiger partial charge in [-0.05, 0) is 86.9 Å². The van der Waals surface area contributed by atoms with Crippen molar-refractivity contribution in [1.82, 2.24) is 28.7 Å². The van der Waals surface area contributed by atoms with Gasteiger partial charge in [-0.3, -0.25) is 4.57 Å². The van der Waals surface area contributed by atoms with Gasteiger partial charge in [0.15, 0.2) is 11.6 Å². The van der Waals surface area contributed by atoms with Crippen LogP contribution in [0, 0.1) is 0 Å². The van der Waals surface area contributed by atoms with Crippen molar-refractivity contribution in [3.8, 4) is 40.1 Å². The second-order valence-electron chi connectivity index (χ2n) is 17.9. The second-order valence-corrected chi connectivity index (χ2v) is 17.9. The number of para-hydroxylation sites is 5. The summed E-state index contributed by atoms with van der Waals surface area (Å²) in [6.45, 7) is 0. The third kappa shape index (κ3) is 5.45. The Kier molecular flexibility index (Phi) is 7.97. The highest BCUT2D eigenvalue weighted by Crippen LogP contribution is 2.44. The molecule has 0 aliphatic rings. The lowest BCUT2D eigenvalue weighted by Gasteiger charge is -2.14. The molecule has 0 saturated heterocycles. The average molecular weight is 879 g/mol. The van der Waals surface area contributed by atoms with Crippen molar-refractivity contribution in [3.63, 3.8) is 0 Å². The van der Waals surface area contributed by atoms with E-state index < -0.39 is 0 Å². The number of aromatic nitrogens is 6. The van der Waals surface area contributed by atoms with E-state index in [0.717, 1.165) is 82.5 Å². The summed E-state index contributed by atoms with van der Waals surface area (Å²) in [6.07, 6.45) is 0. The van der Waals surface area contributed by atoms with E-state index in [9.17, 15) is 0 Å². The van der Waals surface area contributed by atoms with Crippen LogP contribution in [-0.4, -0.2) is 28.7 Å². The van der Waals surface area contributed by atoms with Crippen LogP contribution in [-0.2, 0) is 0 Å². The van der Waals surface area contributed by atoms with Crippen molar-refractivity contribution < 1.29 is 0 Å². The fraction of sp³-hybridized carbons (Fsp3) is 0. The molecule has 0 unspecified atom stereocenters. The molecular weight excluding hydrogens is 841 g/mol. The van der Waals surface area contributed by atoms with Gasteiger partial charge >= 0.3 is 0 Å². The molecule has 0 amide bonds. The minimum absolute atomic E-state index is 0.554. The van der Waals surface area contributed by atoms with Crippen molar-refractivity contribution in [2.75, 3.05) is 0 Å². The van der Waals surface area contributed by atoms with Crippen molar-refractivity contribution in [3.05, 3.63) is 231 Å². The molecule has 0 aliphatic carbocycles. The molecule has 6 heteroatoms. The lowest BCUT2D eigenvalue weighted by Crippen LogP contribution is -2.07. The van der Waals surface area contributed by atoms with Gasteiger partial charge in [0.25, 0.3) is 0 Å². The SMILES string of the molecule is c1ccc(-c2nc(-c3cccc4c5ccccc5n(-c5ccccc5)c34)nc(-n3c4ccccc4c4ccc5c(c6ccccc6n5-c5ccc6c7ccccc7c7ccccc7c6c5)c43)n2)cc1. The highest BCUT2D eigenvalue weighted by Gasteiger charge is 2.25. The molecule has 11 aromatic carbocycles. The van der Waals surface area contributed by atoms with Gasteiger partial charge < -0.3 is 9.13 Å². The van der Waals surface area contributed by atoms with E-state index in [-0.39, 0.29) is 0 Å². The topological polar surface area (TPSA) is 53.5 Å². The first-order chi connectivity index (χ1) is 34.3. The minimum atomic E-state index is 0.554.